The van der Waals surface area contributed by atoms with Crippen LogP contribution in [0.5, 0.6) is 0 Å². The lowest BCUT2D eigenvalue weighted by molar-refractivity contribution is -0.133. The first-order chi connectivity index (χ1) is 10.1. The number of hydrogen-bond donors (Lipinski definition) is 1. The molecule has 1 aliphatic carbocycles. The molecule has 4 nitrogen and oxygen atoms in total. The van der Waals surface area contributed by atoms with Crippen LogP contribution in [0.2, 0.25) is 0 Å². The Morgan fingerprint density at radius 2 is 2.05 bits per heavy atom. The topological polar surface area (TPSA) is 41.6 Å². The summed E-state index contributed by atoms with van der Waals surface area (Å²) in [6.45, 7) is 9.00. The van der Waals surface area contributed by atoms with Gasteiger partial charge in [0, 0.05) is 19.8 Å². The zero-order valence-electron chi connectivity index (χ0n) is 14.0. The van der Waals surface area contributed by atoms with Crippen molar-refractivity contribution in [2.24, 2.45) is 5.92 Å². The van der Waals surface area contributed by atoms with Crippen LogP contribution in [0.1, 0.15) is 65.7 Å². The molecule has 0 aromatic carbocycles. The molecule has 1 atom stereocenters. The summed E-state index contributed by atoms with van der Waals surface area (Å²) in [4.78, 5) is 15.0. The van der Waals surface area contributed by atoms with Gasteiger partial charge in [0.25, 0.3) is 0 Å². The van der Waals surface area contributed by atoms with Crippen molar-refractivity contribution in [1.82, 2.24) is 10.2 Å². The zero-order chi connectivity index (χ0) is 15.3. The van der Waals surface area contributed by atoms with E-state index in [0.717, 1.165) is 51.9 Å². The van der Waals surface area contributed by atoms with Crippen LogP contribution < -0.4 is 5.32 Å². The summed E-state index contributed by atoms with van der Waals surface area (Å²) < 4.78 is 5.55. The van der Waals surface area contributed by atoms with Crippen LogP contribution in [0.15, 0.2) is 0 Å². The van der Waals surface area contributed by atoms with Gasteiger partial charge in [-0.2, -0.15) is 0 Å². The molecule has 1 saturated heterocycles. The Morgan fingerprint density at radius 3 is 2.67 bits per heavy atom. The summed E-state index contributed by atoms with van der Waals surface area (Å²) in [5.41, 5.74) is -0.232. The third kappa shape index (κ3) is 3.98. The van der Waals surface area contributed by atoms with Crippen LogP contribution in [-0.2, 0) is 9.53 Å². The van der Waals surface area contributed by atoms with Crippen molar-refractivity contribution in [3.8, 4) is 0 Å². The predicted octanol–water partition coefficient (Wildman–Crippen LogP) is 2.92. The van der Waals surface area contributed by atoms with E-state index in [1.54, 1.807) is 0 Å². The number of rotatable bonds is 8. The second kappa shape index (κ2) is 7.59. The Balaban J connectivity index is 1.92. The van der Waals surface area contributed by atoms with Crippen LogP contribution in [-0.4, -0.2) is 42.3 Å². The van der Waals surface area contributed by atoms with Gasteiger partial charge in [-0.25, -0.2) is 0 Å². The molecule has 1 amide bonds. The van der Waals surface area contributed by atoms with Gasteiger partial charge in [0.1, 0.15) is 0 Å². The Kier molecular flexibility index (Phi) is 6.06. The van der Waals surface area contributed by atoms with E-state index in [1.165, 1.54) is 12.8 Å². The van der Waals surface area contributed by atoms with E-state index in [9.17, 15) is 4.79 Å². The van der Waals surface area contributed by atoms with Crippen molar-refractivity contribution < 1.29 is 9.53 Å². The van der Waals surface area contributed by atoms with Crippen molar-refractivity contribution >= 4 is 5.91 Å². The predicted molar refractivity (Wildman–Crippen MR) is 85.0 cm³/mol. The molecule has 2 aliphatic rings. The number of nitrogens with one attached hydrogen (secondary N) is 1. The fourth-order valence-corrected chi connectivity index (χ4v) is 3.69. The molecule has 0 aromatic rings. The molecule has 122 valence electrons. The maximum Gasteiger partial charge on any atom is 0.244 e. The number of nitrogens with zero attached hydrogens (tertiary/aromatic N) is 1. The maximum absolute atomic E-state index is 12.9. The molecule has 1 unspecified atom stereocenters. The molecule has 0 bridgehead atoms. The molecule has 21 heavy (non-hydrogen) atoms. The Bertz CT molecular complexity index is 338. The quantitative estimate of drug-likeness (QED) is 0.700. The molecule has 1 heterocycles. The van der Waals surface area contributed by atoms with Gasteiger partial charge in [0.15, 0.2) is 0 Å². The first-order valence-electron chi connectivity index (χ1n) is 8.75. The van der Waals surface area contributed by atoms with E-state index < -0.39 is 0 Å². The highest BCUT2D eigenvalue weighted by Crippen LogP contribution is 2.37. The second-order valence-electron chi connectivity index (χ2n) is 7.04. The van der Waals surface area contributed by atoms with Crippen LogP contribution in [0, 0.1) is 5.92 Å². The number of carbonyl (C=O) groups excluding carboxylic acids is 1. The smallest absolute Gasteiger partial charge is 0.244 e. The lowest BCUT2D eigenvalue weighted by Gasteiger charge is -2.25. The fourth-order valence-electron chi connectivity index (χ4n) is 3.69. The van der Waals surface area contributed by atoms with Gasteiger partial charge in [-0.3, -0.25) is 10.1 Å². The number of hydrogen-bond acceptors (Lipinski definition) is 3. The minimum Gasteiger partial charge on any atom is -0.381 e. The molecule has 4 heteroatoms. The van der Waals surface area contributed by atoms with Crippen molar-refractivity contribution in [3.05, 3.63) is 0 Å². The van der Waals surface area contributed by atoms with Gasteiger partial charge in [-0.1, -0.05) is 33.6 Å². The highest BCUT2D eigenvalue weighted by Gasteiger charge is 2.51. The van der Waals surface area contributed by atoms with Crippen LogP contribution >= 0.6 is 0 Å². The molecule has 1 saturated carbocycles. The lowest BCUT2D eigenvalue weighted by Crippen LogP contribution is -2.44. The first-order valence-corrected chi connectivity index (χ1v) is 8.75. The normalized spacial score (nSPS) is 24.7. The Labute approximate surface area is 129 Å². The van der Waals surface area contributed by atoms with Gasteiger partial charge in [-0.15, -0.1) is 0 Å². The Hall–Kier alpha value is -0.610. The minimum atomic E-state index is -0.232. The minimum absolute atomic E-state index is 0.224. The summed E-state index contributed by atoms with van der Waals surface area (Å²) in [6, 6.07) is 0. The standard InChI is InChI=1S/C17H32N2O2/c1-4-11-21-12-7-10-19-15(13-14(2)3)18-17(16(19)20)8-5-6-9-17/h14-15,18H,4-13H2,1-3H3. The maximum atomic E-state index is 12.9. The molecule has 1 spiro atoms. The van der Waals surface area contributed by atoms with Gasteiger partial charge in [0.05, 0.1) is 11.7 Å². The third-order valence-corrected chi connectivity index (χ3v) is 4.68. The van der Waals surface area contributed by atoms with Gasteiger partial charge in [-0.05, 0) is 38.0 Å². The van der Waals surface area contributed by atoms with Crippen molar-refractivity contribution in [2.45, 2.75) is 77.4 Å². The molecule has 2 fully saturated rings. The van der Waals surface area contributed by atoms with E-state index >= 15 is 0 Å². The summed E-state index contributed by atoms with van der Waals surface area (Å²) in [7, 11) is 0. The van der Waals surface area contributed by atoms with Crippen LogP contribution in [0.25, 0.3) is 0 Å². The van der Waals surface area contributed by atoms with E-state index in [1.807, 2.05) is 0 Å². The van der Waals surface area contributed by atoms with Crippen LogP contribution in [0.4, 0.5) is 0 Å². The molecular weight excluding hydrogens is 264 g/mol. The van der Waals surface area contributed by atoms with E-state index in [-0.39, 0.29) is 11.7 Å². The Morgan fingerprint density at radius 1 is 1.33 bits per heavy atom. The highest BCUT2D eigenvalue weighted by molar-refractivity contribution is 5.89. The third-order valence-electron chi connectivity index (χ3n) is 4.68. The lowest BCUT2D eigenvalue weighted by atomic mass is 9.98. The summed E-state index contributed by atoms with van der Waals surface area (Å²) in [5.74, 6) is 0.951. The largest absolute Gasteiger partial charge is 0.381 e. The molecule has 0 aromatic heterocycles. The second-order valence-corrected chi connectivity index (χ2v) is 7.04. The van der Waals surface area contributed by atoms with E-state index in [4.69, 9.17) is 4.74 Å². The monoisotopic (exact) mass is 296 g/mol. The molecule has 0 radical (unpaired) electrons. The average Bonchev–Trinajstić information content (AvgIpc) is 2.99. The van der Waals surface area contributed by atoms with Crippen LogP contribution in [0.3, 0.4) is 0 Å². The highest BCUT2D eigenvalue weighted by atomic mass is 16.5. The molecular formula is C17H32N2O2. The number of amides is 1. The molecule has 1 aliphatic heterocycles. The molecule has 2 rings (SSSR count). The van der Waals surface area contributed by atoms with Crippen molar-refractivity contribution in [1.29, 1.82) is 0 Å². The fraction of sp³-hybridized carbons (Fsp3) is 0.941. The SMILES string of the molecule is CCCOCCCN1C(=O)C2(CCCC2)NC1CC(C)C. The van der Waals surface area contributed by atoms with Gasteiger partial charge >= 0.3 is 0 Å². The summed E-state index contributed by atoms with van der Waals surface area (Å²) in [6.07, 6.45) is 7.67. The average molecular weight is 296 g/mol. The van der Waals surface area contributed by atoms with Crippen molar-refractivity contribution in [3.63, 3.8) is 0 Å². The van der Waals surface area contributed by atoms with E-state index in [0.29, 0.717) is 11.8 Å². The number of ether oxygens (including phenoxy) is 1. The zero-order valence-corrected chi connectivity index (χ0v) is 14.0. The first kappa shape index (κ1) is 16.8. The van der Waals surface area contributed by atoms with Crippen molar-refractivity contribution in [2.75, 3.05) is 19.8 Å². The molecule has 1 N–H and O–H groups in total. The summed E-state index contributed by atoms with van der Waals surface area (Å²) >= 11 is 0. The van der Waals surface area contributed by atoms with Gasteiger partial charge in [0.2, 0.25) is 5.91 Å². The number of carbonyl (C=O) groups is 1. The summed E-state index contributed by atoms with van der Waals surface area (Å²) in [5, 5.41) is 3.69. The van der Waals surface area contributed by atoms with Gasteiger partial charge < -0.3 is 9.64 Å². The van der Waals surface area contributed by atoms with E-state index in [2.05, 4.69) is 31.0 Å².